The number of rotatable bonds is 9. The number of aromatic nitrogens is 3. The topological polar surface area (TPSA) is 68.5 Å². The van der Waals surface area contributed by atoms with Gasteiger partial charge in [0.05, 0.1) is 18.5 Å². The summed E-state index contributed by atoms with van der Waals surface area (Å²) in [6.07, 6.45) is 5.45. The molecule has 7 heteroatoms. The first kappa shape index (κ1) is 25.5. The maximum Gasteiger partial charge on any atom is 0.220 e. The molecule has 192 valence electrons. The minimum atomic E-state index is 0.00117. The Morgan fingerprint density at radius 2 is 1.82 bits per heavy atom. The number of halogens is 1. The maximum atomic E-state index is 12.8. The minimum Gasteiger partial charge on any atom is -0.497 e. The number of carbonyl (C=O) groups excluding carboxylic acids is 1. The fourth-order valence-corrected chi connectivity index (χ4v) is 4.85. The monoisotopic (exact) mass is 524 g/mol. The van der Waals surface area contributed by atoms with E-state index in [1.165, 1.54) is 0 Å². The van der Waals surface area contributed by atoms with Crippen LogP contribution in [0.3, 0.4) is 0 Å². The Morgan fingerprint density at radius 1 is 1.00 bits per heavy atom. The Balaban J connectivity index is 1.43. The molecule has 0 radical (unpaired) electrons. The first-order valence-electron chi connectivity index (χ1n) is 12.6. The minimum absolute atomic E-state index is 0.00117. The van der Waals surface area contributed by atoms with Gasteiger partial charge in [-0.1, -0.05) is 23.7 Å². The van der Waals surface area contributed by atoms with Gasteiger partial charge in [0.1, 0.15) is 11.4 Å². The molecule has 0 aliphatic heterocycles. The van der Waals surface area contributed by atoms with E-state index in [9.17, 15) is 4.79 Å². The summed E-state index contributed by atoms with van der Waals surface area (Å²) < 4.78 is 7.44. The van der Waals surface area contributed by atoms with Crippen LogP contribution >= 0.6 is 11.6 Å². The Morgan fingerprint density at radius 3 is 2.55 bits per heavy atom. The highest BCUT2D eigenvalue weighted by molar-refractivity contribution is 6.30. The quantitative estimate of drug-likeness (QED) is 0.245. The van der Waals surface area contributed by atoms with Crippen LogP contribution in [-0.4, -0.2) is 33.9 Å². The molecule has 0 unspecified atom stereocenters. The molecule has 0 saturated heterocycles. The van der Waals surface area contributed by atoms with Crippen LogP contribution < -0.4 is 10.1 Å². The van der Waals surface area contributed by atoms with E-state index in [1.807, 2.05) is 66.7 Å². The van der Waals surface area contributed by atoms with Gasteiger partial charge in [0.15, 0.2) is 0 Å². The number of amides is 1. The van der Waals surface area contributed by atoms with Gasteiger partial charge in [0.25, 0.3) is 0 Å². The molecule has 0 aliphatic carbocycles. The number of methoxy groups -OCH3 is 1. The molecule has 2 aromatic carbocycles. The van der Waals surface area contributed by atoms with Crippen LogP contribution in [0.4, 0.5) is 0 Å². The van der Waals surface area contributed by atoms with Gasteiger partial charge in [-0.3, -0.25) is 9.78 Å². The van der Waals surface area contributed by atoms with Crippen LogP contribution in [-0.2, 0) is 17.6 Å². The molecule has 0 atom stereocenters. The molecule has 1 N–H and O–H groups in total. The summed E-state index contributed by atoms with van der Waals surface area (Å²) in [5.74, 6) is 0.785. The molecule has 3 heterocycles. The van der Waals surface area contributed by atoms with Gasteiger partial charge in [0, 0.05) is 48.1 Å². The lowest BCUT2D eigenvalue weighted by molar-refractivity contribution is -0.121. The molecule has 3 aromatic heterocycles. The molecule has 6 nitrogen and oxygen atoms in total. The average molecular weight is 525 g/mol. The third-order valence-corrected chi connectivity index (χ3v) is 6.83. The zero-order valence-electron chi connectivity index (χ0n) is 21.4. The van der Waals surface area contributed by atoms with Gasteiger partial charge in [0.2, 0.25) is 5.91 Å². The summed E-state index contributed by atoms with van der Waals surface area (Å²) in [5, 5.41) is 3.74. The van der Waals surface area contributed by atoms with Gasteiger partial charge < -0.3 is 14.5 Å². The maximum absolute atomic E-state index is 12.8. The predicted molar refractivity (Wildman–Crippen MR) is 152 cm³/mol. The van der Waals surface area contributed by atoms with Crippen molar-refractivity contribution in [1.82, 2.24) is 19.7 Å². The number of fused-ring (bicyclic) bond motifs is 1. The Bertz CT molecular complexity index is 1560. The van der Waals surface area contributed by atoms with E-state index in [2.05, 4.69) is 33.9 Å². The van der Waals surface area contributed by atoms with Crippen molar-refractivity contribution in [3.8, 4) is 28.1 Å². The van der Waals surface area contributed by atoms with Crippen LogP contribution in [0.2, 0.25) is 5.02 Å². The van der Waals surface area contributed by atoms with E-state index in [0.29, 0.717) is 30.8 Å². The number of carbonyl (C=O) groups is 1. The number of pyridine rings is 2. The summed E-state index contributed by atoms with van der Waals surface area (Å²) in [7, 11) is 1.65. The van der Waals surface area contributed by atoms with E-state index >= 15 is 0 Å². The van der Waals surface area contributed by atoms with Gasteiger partial charge in [-0.2, -0.15) is 0 Å². The summed E-state index contributed by atoms with van der Waals surface area (Å²) in [4.78, 5) is 22.0. The number of hydrogen-bond donors (Lipinski definition) is 1. The Kier molecular flexibility index (Phi) is 7.70. The number of imidazole rings is 1. The number of nitrogens with one attached hydrogen (secondary N) is 1. The molecule has 38 heavy (non-hydrogen) atoms. The fraction of sp³-hybridized carbons (Fsp3) is 0.194. The molecule has 0 aliphatic rings. The van der Waals surface area contributed by atoms with Crippen molar-refractivity contribution in [3.63, 3.8) is 0 Å². The van der Waals surface area contributed by atoms with Crippen LogP contribution in [0.1, 0.15) is 23.4 Å². The lowest BCUT2D eigenvalue weighted by Crippen LogP contribution is -2.26. The normalized spacial score (nSPS) is 11.0. The number of hydrogen-bond acceptors (Lipinski definition) is 4. The predicted octanol–water partition coefficient (Wildman–Crippen LogP) is 6.33. The van der Waals surface area contributed by atoms with Gasteiger partial charge in [-0.25, -0.2) is 4.98 Å². The van der Waals surface area contributed by atoms with Crippen molar-refractivity contribution >= 4 is 23.2 Å². The summed E-state index contributed by atoms with van der Waals surface area (Å²) in [6, 6.07) is 23.7. The zero-order chi connectivity index (χ0) is 26.5. The fourth-order valence-electron chi connectivity index (χ4n) is 4.62. The molecule has 1 amide bonds. The van der Waals surface area contributed by atoms with Gasteiger partial charge >= 0.3 is 0 Å². The summed E-state index contributed by atoms with van der Waals surface area (Å²) >= 11 is 6.19. The second kappa shape index (κ2) is 11.5. The highest BCUT2D eigenvalue weighted by Gasteiger charge is 2.17. The van der Waals surface area contributed by atoms with Crippen LogP contribution in [0, 0.1) is 6.92 Å². The Labute approximate surface area is 227 Å². The van der Waals surface area contributed by atoms with Crippen LogP contribution in [0.15, 0.2) is 85.2 Å². The van der Waals surface area contributed by atoms with Crippen LogP contribution in [0.5, 0.6) is 5.75 Å². The first-order chi connectivity index (χ1) is 18.5. The van der Waals surface area contributed by atoms with Crippen molar-refractivity contribution < 1.29 is 9.53 Å². The van der Waals surface area contributed by atoms with E-state index in [0.717, 1.165) is 50.7 Å². The molecule has 0 bridgehead atoms. The van der Waals surface area contributed by atoms with E-state index < -0.39 is 0 Å². The number of benzene rings is 2. The molecule has 5 rings (SSSR count). The third-order valence-electron chi connectivity index (χ3n) is 6.60. The van der Waals surface area contributed by atoms with Crippen molar-refractivity contribution in [3.05, 3.63) is 107 Å². The standard InChI is InChI=1S/C31H29ClN4O2/c1-21-19-24(32)9-12-27(21)23-8-14-29-35-31(22-6-10-26(38-2)11-7-22)28(36(29)20-23)13-15-30(37)34-18-16-25-5-3-4-17-33-25/h3-12,14,17,19-20H,13,15-16,18H2,1-2H3,(H,34,37). The van der Waals surface area contributed by atoms with Crippen molar-refractivity contribution in [2.45, 2.75) is 26.2 Å². The van der Waals surface area contributed by atoms with E-state index in [1.54, 1.807) is 13.3 Å². The molecule has 0 spiro atoms. The zero-order valence-corrected chi connectivity index (χ0v) is 22.2. The van der Waals surface area contributed by atoms with Crippen molar-refractivity contribution in [2.24, 2.45) is 0 Å². The summed E-state index contributed by atoms with van der Waals surface area (Å²) in [5.41, 5.74) is 7.88. The molecule has 0 saturated carbocycles. The van der Waals surface area contributed by atoms with Gasteiger partial charge in [-0.15, -0.1) is 0 Å². The summed E-state index contributed by atoms with van der Waals surface area (Å²) in [6.45, 7) is 2.60. The molecular formula is C31H29ClN4O2. The van der Waals surface area contributed by atoms with Crippen LogP contribution in [0.25, 0.3) is 28.0 Å². The SMILES string of the molecule is COc1ccc(-c2nc3ccc(-c4ccc(Cl)cc4C)cn3c2CCC(=O)NCCc2ccccn2)cc1. The molecule has 5 aromatic rings. The number of nitrogens with zero attached hydrogens (tertiary/aromatic N) is 3. The largest absolute Gasteiger partial charge is 0.497 e. The highest BCUT2D eigenvalue weighted by Crippen LogP contribution is 2.31. The second-order valence-corrected chi connectivity index (χ2v) is 9.60. The highest BCUT2D eigenvalue weighted by atomic mass is 35.5. The lowest BCUT2D eigenvalue weighted by Gasteiger charge is -2.10. The first-order valence-corrected chi connectivity index (χ1v) is 13.0. The second-order valence-electron chi connectivity index (χ2n) is 9.16. The average Bonchev–Trinajstić information content (AvgIpc) is 3.30. The van der Waals surface area contributed by atoms with Gasteiger partial charge in [-0.05, 0) is 90.7 Å². The molecular weight excluding hydrogens is 496 g/mol. The number of ether oxygens (including phenoxy) is 1. The third kappa shape index (κ3) is 5.71. The van der Waals surface area contributed by atoms with Crippen molar-refractivity contribution in [1.29, 1.82) is 0 Å². The lowest BCUT2D eigenvalue weighted by atomic mass is 10.0. The van der Waals surface area contributed by atoms with Crippen molar-refractivity contribution in [2.75, 3.05) is 13.7 Å². The smallest absolute Gasteiger partial charge is 0.220 e. The number of aryl methyl sites for hydroxylation is 2. The van der Waals surface area contributed by atoms with E-state index in [-0.39, 0.29) is 5.91 Å². The Hall–Kier alpha value is -4.16. The van der Waals surface area contributed by atoms with E-state index in [4.69, 9.17) is 21.3 Å². The molecule has 0 fully saturated rings.